The van der Waals surface area contributed by atoms with E-state index in [9.17, 15) is 22.8 Å². The van der Waals surface area contributed by atoms with Gasteiger partial charge in [-0.25, -0.2) is 0 Å². The van der Waals surface area contributed by atoms with Crippen LogP contribution in [0, 0.1) is 0 Å². The summed E-state index contributed by atoms with van der Waals surface area (Å²) in [5.41, 5.74) is 0.239. The van der Waals surface area contributed by atoms with Crippen LogP contribution in [0.1, 0.15) is 21.5 Å². The molecule has 0 fully saturated rings. The highest BCUT2D eigenvalue weighted by Crippen LogP contribution is 2.34. The van der Waals surface area contributed by atoms with Crippen LogP contribution in [0.25, 0.3) is 0 Å². The van der Waals surface area contributed by atoms with Gasteiger partial charge in [-0.05, 0) is 29.8 Å². The number of benzene rings is 2. The topological polar surface area (TPSA) is 96.2 Å². The first kappa shape index (κ1) is 20.9. The first-order chi connectivity index (χ1) is 14.2. The van der Waals surface area contributed by atoms with E-state index in [1.807, 2.05) is 0 Å². The number of rotatable bonds is 7. The molecule has 0 atom stereocenters. The van der Waals surface area contributed by atoms with Crippen LogP contribution in [0.2, 0.25) is 0 Å². The Kier molecular flexibility index (Phi) is 6.05. The number of alkyl halides is 3. The molecule has 7 nitrogen and oxygen atoms in total. The molecule has 0 saturated carbocycles. The van der Waals surface area contributed by atoms with Crippen LogP contribution >= 0.6 is 0 Å². The number of carboxylic acid groups (broad SMARTS) is 1. The van der Waals surface area contributed by atoms with Crippen LogP contribution in [0.15, 0.2) is 60.8 Å². The summed E-state index contributed by atoms with van der Waals surface area (Å²) in [6, 6.07) is 13.0. The third-order valence-electron chi connectivity index (χ3n) is 4.11. The van der Waals surface area contributed by atoms with Crippen molar-refractivity contribution in [3.63, 3.8) is 0 Å². The van der Waals surface area contributed by atoms with Crippen molar-refractivity contribution >= 4 is 23.4 Å². The molecule has 1 aromatic heterocycles. The average molecular weight is 418 g/mol. The highest BCUT2D eigenvalue weighted by molar-refractivity contribution is 6.03. The molecule has 30 heavy (non-hydrogen) atoms. The van der Waals surface area contributed by atoms with E-state index in [4.69, 9.17) is 5.11 Å². The van der Waals surface area contributed by atoms with Crippen LogP contribution in [0.5, 0.6) is 0 Å². The molecule has 0 aliphatic rings. The minimum Gasteiger partial charge on any atom is -0.480 e. The van der Waals surface area contributed by atoms with E-state index >= 15 is 0 Å². The van der Waals surface area contributed by atoms with Crippen molar-refractivity contribution in [2.45, 2.75) is 19.3 Å². The number of nitrogens with zero attached hydrogens (tertiary/aromatic N) is 2. The van der Waals surface area contributed by atoms with Gasteiger partial charge in [0.1, 0.15) is 6.54 Å². The Bertz CT molecular complexity index is 1050. The molecule has 0 aliphatic heterocycles. The van der Waals surface area contributed by atoms with E-state index in [2.05, 4.69) is 15.7 Å². The van der Waals surface area contributed by atoms with E-state index < -0.39 is 23.6 Å². The van der Waals surface area contributed by atoms with E-state index in [0.29, 0.717) is 11.1 Å². The van der Waals surface area contributed by atoms with Gasteiger partial charge >= 0.3 is 12.1 Å². The molecule has 3 rings (SSSR count). The Morgan fingerprint density at radius 3 is 2.40 bits per heavy atom. The summed E-state index contributed by atoms with van der Waals surface area (Å²) in [6.07, 6.45) is -3.03. The molecule has 10 heteroatoms. The molecule has 0 bridgehead atoms. The first-order valence-corrected chi connectivity index (χ1v) is 8.78. The van der Waals surface area contributed by atoms with Gasteiger partial charge in [0.25, 0.3) is 5.91 Å². The van der Waals surface area contributed by atoms with Gasteiger partial charge < -0.3 is 15.7 Å². The number of para-hydroxylation sites is 1. The third-order valence-corrected chi connectivity index (χ3v) is 4.11. The van der Waals surface area contributed by atoms with Gasteiger partial charge in [-0.1, -0.05) is 24.3 Å². The van der Waals surface area contributed by atoms with E-state index in [1.54, 1.807) is 12.1 Å². The predicted octanol–water partition coefficient (Wildman–Crippen LogP) is 3.85. The molecule has 0 spiro atoms. The van der Waals surface area contributed by atoms with Gasteiger partial charge in [0.2, 0.25) is 0 Å². The number of hydrogen-bond acceptors (Lipinski definition) is 4. The highest BCUT2D eigenvalue weighted by Gasteiger charge is 2.33. The summed E-state index contributed by atoms with van der Waals surface area (Å²) in [5.74, 6) is -1.30. The van der Waals surface area contributed by atoms with Gasteiger partial charge in [0.05, 0.1) is 5.56 Å². The SMILES string of the molecule is O=C(O)Cn1ccc(NC(=O)c2ccc(CNc3ccccc3C(F)(F)F)cc2)n1. The van der Waals surface area contributed by atoms with E-state index in [-0.39, 0.29) is 24.6 Å². The second-order valence-corrected chi connectivity index (χ2v) is 6.34. The van der Waals surface area contributed by atoms with Crippen molar-refractivity contribution in [2.24, 2.45) is 0 Å². The Labute approximate surface area is 169 Å². The molecule has 1 heterocycles. The molecule has 0 radical (unpaired) electrons. The van der Waals surface area contributed by atoms with Crippen LogP contribution in [-0.2, 0) is 24.1 Å². The normalized spacial score (nSPS) is 11.2. The minimum absolute atomic E-state index is 0.0243. The molecular formula is C20H17F3N4O3. The van der Waals surface area contributed by atoms with Crippen molar-refractivity contribution in [1.29, 1.82) is 0 Å². The standard InChI is InChI=1S/C20H17F3N4O3/c21-20(22,23)15-3-1-2-4-16(15)24-11-13-5-7-14(8-6-13)19(30)25-17-9-10-27(26-17)12-18(28)29/h1-10,24H,11-12H2,(H,28,29)(H,25,26,30). The van der Waals surface area contributed by atoms with Crippen LogP contribution in [-0.4, -0.2) is 26.8 Å². The number of carbonyl (C=O) groups excluding carboxylic acids is 1. The molecule has 2 aromatic carbocycles. The molecule has 1 amide bonds. The lowest BCUT2D eigenvalue weighted by Crippen LogP contribution is -2.14. The predicted molar refractivity (Wildman–Crippen MR) is 103 cm³/mol. The van der Waals surface area contributed by atoms with Crippen LogP contribution in [0.3, 0.4) is 0 Å². The number of carboxylic acids is 1. The summed E-state index contributed by atoms with van der Waals surface area (Å²) in [5, 5.41) is 18.0. The van der Waals surface area contributed by atoms with Crippen molar-refractivity contribution < 1.29 is 27.9 Å². The monoisotopic (exact) mass is 418 g/mol. The molecule has 156 valence electrons. The van der Waals surface area contributed by atoms with Crippen molar-refractivity contribution in [1.82, 2.24) is 9.78 Å². The lowest BCUT2D eigenvalue weighted by Gasteiger charge is -2.14. The maximum atomic E-state index is 13.0. The first-order valence-electron chi connectivity index (χ1n) is 8.78. The molecule has 0 unspecified atom stereocenters. The summed E-state index contributed by atoms with van der Waals surface area (Å²) < 4.78 is 40.3. The summed E-state index contributed by atoms with van der Waals surface area (Å²) in [7, 11) is 0. The quantitative estimate of drug-likeness (QED) is 0.542. The number of aliphatic carboxylic acids is 1. The zero-order valence-electron chi connectivity index (χ0n) is 15.5. The lowest BCUT2D eigenvalue weighted by atomic mass is 10.1. The average Bonchev–Trinajstić information content (AvgIpc) is 3.12. The molecule has 3 aromatic rings. The number of aromatic nitrogens is 2. The molecule has 0 aliphatic carbocycles. The van der Waals surface area contributed by atoms with E-state index in [1.165, 1.54) is 47.3 Å². The van der Waals surface area contributed by atoms with Crippen molar-refractivity contribution in [2.75, 3.05) is 10.6 Å². The third kappa shape index (κ3) is 5.37. The number of amides is 1. The lowest BCUT2D eigenvalue weighted by molar-refractivity contribution is -0.138. The maximum absolute atomic E-state index is 13.0. The number of hydrogen-bond donors (Lipinski definition) is 3. The van der Waals surface area contributed by atoms with Gasteiger partial charge in [-0.15, -0.1) is 0 Å². The summed E-state index contributed by atoms with van der Waals surface area (Å²) in [6.45, 7) is -0.177. The van der Waals surface area contributed by atoms with Crippen molar-refractivity contribution in [3.05, 3.63) is 77.5 Å². The minimum atomic E-state index is -4.46. The summed E-state index contributed by atoms with van der Waals surface area (Å²) >= 11 is 0. The molecular weight excluding hydrogens is 401 g/mol. The Morgan fingerprint density at radius 1 is 1.03 bits per heavy atom. The number of carbonyl (C=O) groups is 2. The number of nitrogens with one attached hydrogen (secondary N) is 2. The largest absolute Gasteiger partial charge is 0.480 e. The van der Waals surface area contributed by atoms with Crippen LogP contribution in [0.4, 0.5) is 24.7 Å². The highest BCUT2D eigenvalue weighted by atomic mass is 19.4. The van der Waals surface area contributed by atoms with Gasteiger partial charge in [0.15, 0.2) is 5.82 Å². The molecule has 0 saturated heterocycles. The van der Waals surface area contributed by atoms with Gasteiger partial charge in [-0.3, -0.25) is 14.3 Å². The number of halogens is 3. The Morgan fingerprint density at radius 2 is 1.73 bits per heavy atom. The maximum Gasteiger partial charge on any atom is 0.418 e. The fourth-order valence-corrected chi connectivity index (χ4v) is 2.70. The zero-order chi connectivity index (χ0) is 21.7. The van der Waals surface area contributed by atoms with Crippen molar-refractivity contribution in [3.8, 4) is 0 Å². The van der Waals surface area contributed by atoms with Gasteiger partial charge in [-0.2, -0.15) is 18.3 Å². The fourth-order valence-electron chi connectivity index (χ4n) is 2.70. The Balaban J connectivity index is 1.61. The smallest absolute Gasteiger partial charge is 0.418 e. The fraction of sp³-hybridized carbons (Fsp3) is 0.150. The zero-order valence-corrected chi connectivity index (χ0v) is 15.5. The van der Waals surface area contributed by atoms with Crippen LogP contribution < -0.4 is 10.6 Å². The van der Waals surface area contributed by atoms with E-state index in [0.717, 1.165) is 6.07 Å². The van der Waals surface area contributed by atoms with Gasteiger partial charge in [0, 0.05) is 30.1 Å². The summed E-state index contributed by atoms with van der Waals surface area (Å²) in [4.78, 5) is 22.9. The second kappa shape index (κ2) is 8.68. The number of anilines is 2. The molecule has 3 N–H and O–H groups in total. The second-order valence-electron chi connectivity index (χ2n) is 6.34. The Hall–Kier alpha value is -3.82.